The fraction of sp³-hybridized carbons (Fsp3) is 0.235. The van der Waals surface area contributed by atoms with Crippen molar-refractivity contribution in [3.63, 3.8) is 0 Å². The number of fused-ring (bicyclic) bond motifs is 1. The number of benzene rings is 1. The number of nitrogens with one attached hydrogen (secondary N) is 2. The van der Waals surface area contributed by atoms with E-state index in [1.54, 1.807) is 24.4 Å². The molecule has 0 saturated carbocycles. The molecule has 1 aromatic carbocycles. The molecule has 0 fully saturated rings. The van der Waals surface area contributed by atoms with E-state index in [-0.39, 0.29) is 18.1 Å². The van der Waals surface area contributed by atoms with Crippen LogP contribution in [0.4, 0.5) is 5.95 Å². The number of aliphatic hydroxyl groups is 1. The van der Waals surface area contributed by atoms with Gasteiger partial charge in [-0.25, -0.2) is 4.98 Å². The first kappa shape index (κ1) is 15.2. The van der Waals surface area contributed by atoms with Crippen molar-refractivity contribution in [2.75, 3.05) is 18.5 Å². The van der Waals surface area contributed by atoms with E-state index in [9.17, 15) is 9.90 Å². The third-order valence-corrected chi connectivity index (χ3v) is 3.65. The van der Waals surface area contributed by atoms with E-state index in [1.165, 1.54) is 0 Å². The second-order valence-corrected chi connectivity index (χ2v) is 5.39. The summed E-state index contributed by atoms with van der Waals surface area (Å²) in [7, 11) is 0. The summed E-state index contributed by atoms with van der Waals surface area (Å²) in [6.45, 7) is 0.524. The van der Waals surface area contributed by atoms with Crippen LogP contribution in [0.25, 0.3) is 10.9 Å². The predicted octanol–water partition coefficient (Wildman–Crippen LogP) is 1.58. The Balaban J connectivity index is 1.70. The van der Waals surface area contributed by atoms with Crippen molar-refractivity contribution in [1.82, 2.24) is 15.0 Å². The highest BCUT2D eigenvalue weighted by Crippen LogP contribution is 2.10. The number of aromatic amines is 1. The summed E-state index contributed by atoms with van der Waals surface area (Å²) >= 11 is 0. The molecule has 0 aliphatic rings. The lowest BCUT2D eigenvalue weighted by molar-refractivity contribution is 0.231. The molecule has 0 aliphatic carbocycles. The van der Waals surface area contributed by atoms with Gasteiger partial charge < -0.3 is 10.4 Å². The van der Waals surface area contributed by atoms with E-state index >= 15 is 0 Å². The van der Waals surface area contributed by atoms with Crippen molar-refractivity contribution in [2.24, 2.45) is 5.92 Å². The Morgan fingerprint density at radius 2 is 2.00 bits per heavy atom. The summed E-state index contributed by atoms with van der Waals surface area (Å²) in [5, 5.41) is 13.2. The van der Waals surface area contributed by atoms with Gasteiger partial charge in [-0.05, 0) is 30.7 Å². The highest BCUT2D eigenvalue weighted by molar-refractivity contribution is 5.78. The van der Waals surface area contributed by atoms with Gasteiger partial charge in [-0.3, -0.25) is 14.8 Å². The minimum absolute atomic E-state index is 0.0123. The number of H-pyrrole nitrogens is 1. The monoisotopic (exact) mass is 310 g/mol. The van der Waals surface area contributed by atoms with Crippen LogP contribution in [0.5, 0.6) is 0 Å². The number of aliphatic hydroxyl groups excluding tert-OH is 1. The molecular formula is C17H18N4O2. The van der Waals surface area contributed by atoms with Gasteiger partial charge in [-0.2, -0.15) is 0 Å². The molecule has 3 N–H and O–H groups in total. The van der Waals surface area contributed by atoms with Gasteiger partial charge in [0.05, 0.1) is 10.9 Å². The van der Waals surface area contributed by atoms with Gasteiger partial charge in [0.1, 0.15) is 0 Å². The van der Waals surface area contributed by atoms with Gasteiger partial charge in [0.15, 0.2) is 0 Å². The number of hydrogen-bond acceptors (Lipinski definition) is 5. The molecule has 1 unspecified atom stereocenters. The SMILES string of the molecule is O=c1[nH]c(NCC(CO)Cc2ccccn2)nc2ccccc12. The second-order valence-electron chi connectivity index (χ2n) is 5.39. The third-order valence-electron chi connectivity index (χ3n) is 3.65. The highest BCUT2D eigenvalue weighted by Gasteiger charge is 2.10. The molecule has 0 saturated heterocycles. The van der Waals surface area contributed by atoms with Crippen molar-refractivity contribution < 1.29 is 5.11 Å². The average Bonchev–Trinajstić information content (AvgIpc) is 2.59. The molecule has 0 amide bonds. The van der Waals surface area contributed by atoms with E-state index in [2.05, 4.69) is 20.3 Å². The standard InChI is InChI=1S/C17H18N4O2/c22-11-12(9-13-5-3-4-8-18-13)10-19-17-20-15-7-2-1-6-14(15)16(23)21-17/h1-8,12,22H,9-11H2,(H2,19,20,21,23). The molecule has 6 heteroatoms. The molecular weight excluding hydrogens is 292 g/mol. The topological polar surface area (TPSA) is 90.9 Å². The second kappa shape index (κ2) is 7.02. The van der Waals surface area contributed by atoms with E-state index in [1.807, 2.05) is 24.3 Å². The normalized spacial score (nSPS) is 12.2. The Hall–Kier alpha value is -2.73. The molecule has 118 valence electrons. The molecule has 0 aliphatic heterocycles. The van der Waals surface area contributed by atoms with Crippen LogP contribution in [-0.4, -0.2) is 33.2 Å². The molecule has 0 bridgehead atoms. The molecule has 6 nitrogen and oxygen atoms in total. The number of pyridine rings is 1. The lowest BCUT2D eigenvalue weighted by Crippen LogP contribution is -2.23. The van der Waals surface area contributed by atoms with Gasteiger partial charge in [0, 0.05) is 31.0 Å². The average molecular weight is 310 g/mol. The maximum Gasteiger partial charge on any atom is 0.260 e. The Kier molecular flexibility index (Phi) is 4.63. The molecule has 0 spiro atoms. The van der Waals surface area contributed by atoms with Crippen molar-refractivity contribution in [2.45, 2.75) is 6.42 Å². The van der Waals surface area contributed by atoms with Crippen molar-refractivity contribution in [3.05, 3.63) is 64.7 Å². The van der Waals surface area contributed by atoms with Crippen LogP contribution in [-0.2, 0) is 6.42 Å². The van der Waals surface area contributed by atoms with Crippen LogP contribution in [0.15, 0.2) is 53.5 Å². The number of nitrogens with zero attached hydrogens (tertiary/aromatic N) is 2. The minimum Gasteiger partial charge on any atom is -0.396 e. The molecule has 23 heavy (non-hydrogen) atoms. The van der Waals surface area contributed by atoms with Gasteiger partial charge in [0.2, 0.25) is 5.95 Å². The zero-order valence-corrected chi connectivity index (χ0v) is 12.6. The number of anilines is 1. The summed E-state index contributed by atoms with van der Waals surface area (Å²) in [4.78, 5) is 23.4. The molecule has 1 atom stereocenters. The lowest BCUT2D eigenvalue weighted by atomic mass is 10.0. The molecule has 2 aromatic heterocycles. The summed E-state index contributed by atoms with van der Waals surface area (Å²) in [5.74, 6) is 0.398. The fourth-order valence-corrected chi connectivity index (χ4v) is 2.43. The summed E-state index contributed by atoms with van der Waals surface area (Å²) in [6, 6.07) is 12.9. The van der Waals surface area contributed by atoms with Crippen LogP contribution >= 0.6 is 0 Å². The fourth-order valence-electron chi connectivity index (χ4n) is 2.43. The van der Waals surface area contributed by atoms with E-state index < -0.39 is 0 Å². The van der Waals surface area contributed by atoms with E-state index in [4.69, 9.17) is 0 Å². The summed E-state index contributed by atoms with van der Waals surface area (Å²) in [5.41, 5.74) is 1.39. The van der Waals surface area contributed by atoms with Crippen molar-refractivity contribution in [1.29, 1.82) is 0 Å². The third kappa shape index (κ3) is 3.73. The van der Waals surface area contributed by atoms with Gasteiger partial charge in [0.25, 0.3) is 5.56 Å². The first-order chi connectivity index (χ1) is 11.3. The largest absolute Gasteiger partial charge is 0.396 e. The number of para-hydroxylation sites is 1. The molecule has 3 aromatic rings. The van der Waals surface area contributed by atoms with Crippen LogP contribution < -0.4 is 10.9 Å². The Labute approximate surface area is 133 Å². The van der Waals surface area contributed by atoms with Crippen molar-refractivity contribution in [3.8, 4) is 0 Å². The Morgan fingerprint density at radius 1 is 1.17 bits per heavy atom. The predicted molar refractivity (Wildman–Crippen MR) is 89.4 cm³/mol. The van der Waals surface area contributed by atoms with Crippen molar-refractivity contribution >= 4 is 16.9 Å². The Bertz CT molecular complexity index is 833. The lowest BCUT2D eigenvalue weighted by Gasteiger charge is -2.15. The van der Waals surface area contributed by atoms with Gasteiger partial charge in [-0.15, -0.1) is 0 Å². The zero-order valence-electron chi connectivity index (χ0n) is 12.6. The number of aromatic nitrogens is 3. The Morgan fingerprint density at radius 3 is 2.78 bits per heavy atom. The van der Waals surface area contributed by atoms with Crippen LogP contribution in [0.1, 0.15) is 5.69 Å². The summed E-state index contributed by atoms with van der Waals surface area (Å²) < 4.78 is 0. The summed E-state index contributed by atoms with van der Waals surface area (Å²) in [6.07, 6.45) is 2.39. The molecule has 2 heterocycles. The molecule has 0 radical (unpaired) electrons. The first-order valence-corrected chi connectivity index (χ1v) is 7.50. The minimum atomic E-state index is -0.177. The van der Waals surface area contributed by atoms with Crippen LogP contribution in [0, 0.1) is 5.92 Å². The van der Waals surface area contributed by atoms with E-state index in [0.717, 1.165) is 5.69 Å². The van der Waals surface area contributed by atoms with Gasteiger partial charge in [-0.1, -0.05) is 18.2 Å². The first-order valence-electron chi connectivity index (χ1n) is 7.50. The molecule has 3 rings (SSSR count). The van der Waals surface area contributed by atoms with Crippen LogP contribution in [0.3, 0.4) is 0 Å². The zero-order chi connectivity index (χ0) is 16.1. The van der Waals surface area contributed by atoms with Gasteiger partial charge >= 0.3 is 0 Å². The number of hydrogen-bond donors (Lipinski definition) is 3. The smallest absolute Gasteiger partial charge is 0.260 e. The number of rotatable bonds is 6. The van der Waals surface area contributed by atoms with Crippen LogP contribution in [0.2, 0.25) is 0 Å². The quantitative estimate of drug-likeness (QED) is 0.643. The maximum absolute atomic E-state index is 12.0. The highest BCUT2D eigenvalue weighted by atomic mass is 16.3. The maximum atomic E-state index is 12.0. The van der Waals surface area contributed by atoms with E-state index in [0.29, 0.717) is 29.8 Å².